The van der Waals surface area contributed by atoms with E-state index in [4.69, 9.17) is 18.5 Å². The van der Waals surface area contributed by atoms with Crippen molar-refractivity contribution in [2.75, 3.05) is 47.5 Å². The van der Waals surface area contributed by atoms with Crippen LogP contribution in [0, 0.1) is 0 Å². The highest BCUT2D eigenvalue weighted by molar-refractivity contribution is 7.47. The minimum absolute atomic E-state index is 0.0378. The molecule has 514 valence electrons. The SMILES string of the molecule is CCCCCCCCCCCCCCCCCCCCCCCCCCCCCCCCCCCCCCCC(=O)OC(COC(=O)CCCCCCCCCCCCCCCCCCCCCCCCCCC)COP(=O)(O)OCC[N+](C)(C)C. The summed E-state index contributed by atoms with van der Waals surface area (Å²) in [7, 11) is 1.51. The molecule has 9 nitrogen and oxygen atoms in total. The first-order valence-electron chi connectivity index (χ1n) is 38.8. The number of rotatable bonds is 74. The van der Waals surface area contributed by atoms with E-state index in [2.05, 4.69) is 13.8 Å². The predicted molar refractivity (Wildman–Crippen MR) is 372 cm³/mol. The minimum atomic E-state index is -4.39. The maximum absolute atomic E-state index is 12.9. The van der Waals surface area contributed by atoms with E-state index in [1.165, 1.54) is 360 Å². The van der Waals surface area contributed by atoms with E-state index in [0.717, 1.165) is 38.5 Å². The quantitative estimate of drug-likeness (QED) is 0.0278. The molecule has 2 atom stereocenters. The summed E-state index contributed by atoms with van der Waals surface area (Å²) in [5.41, 5.74) is 0. The molecule has 0 rings (SSSR count). The largest absolute Gasteiger partial charge is 0.472 e. The minimum Gasteiger partial charge on any atom is -0.462 e. The molecule has 0 aliphatic carbocycles. The lowest BCUT2D eigenvalue weighted by atomic mass is 10.0. The van der Waals surface area contributed by atoms with Crippen molar-refractivity contribution in [3.05, 3.63) is 0 Å². The van der Waals surface area contributed by atoms with Crippen molar-refractivity contribution in [3.63, 3.8) is 0 Å². The zero-order chi connectivity index (χ0) is 62.6. The first-order chi connectivity index (χ1) is 42.0. The molecule has 0 saturated carbocycles. The van der Waals surface area contributed by atoms with Gasteiger partial charge in [0.15, 0.2) is 6.10 Å². The van der Waals surface area contributed by atoms with Crippen LogP contribution in [0.4, 0.5) is 0 Å². The molecule has 0 aromatic rings. The Balaban J connectivity index is 3.88. The fourth-order valence-electron chi connectivity index (χ4n) is 12.2. The number of hydrogen-bond acceptors (Lipinski definition) is 7. The van der Waals surface area contributed by atoms with E-state index < -0.39 is 26.5 Å². The number of quaternary nitrogens is 1. The van der Waals surface area contributed by atoms with Gasteiger partial charge in [-0.3, -0.25) is 18.6 Å². The van der Waals surface area contributed by atoms with Crippen LogP contribution in [0.5, 0.6) is 0 Å². The van der Waals surface area contributed by atoms with Gasteiger partial charge in [0.2, 0.25) is 0 Å². The summed E-state index contributed by atoms with van der Waals surface area (Å²) in [6.45, 7) is 4.54. The number of hydrogen-bond donors (Lipinski definition) is 1. The molecule has 86 heavy (non-hydrogen) atoms. The number of carbonyl (C=O) groups excluding carboxylic acids is 2. The number of esters is 2. The number of phosphoric ester groups is 1. The third-order valence-corrected chi connectivity index (χ3v) is 19.1. The van der Waals surface area contributed by atoms with Crippen LogP contribution in [0.3, 0.4) is 0 Å². The Bertz CT molecular complexity index is 1410. The van der Waals surface area contributed by atoms with Gasteiger partial charge in [0, 0.05) is 12.8 Å². The molecule has 0 saturated heterocycles. The lowest BCUT2D eigenvalue weighted by molar-refractivity contribution is -0.870. The van der Waals surface area contributed by atoms with Gasteiger partial charge in [0.1, 0.15) is 19.8 Å². The van der Waals surface area contributed by atoms with Crippen LogP contribution >= 0.6 is 7.82 Å². The molecule has 0 amide bonds. The van der Waals surface area contributed by atoms with Crippen molar-refractivity contribution in [2.24, 2.45) is 0 Å². The van der Waals surface area contributed by atoms with Crippen LogP contribution in [-0.4, -0.2) is 74.9 Å². The normalized spacial score (nSPS) is 13.0. The Morgan fingerprint density at radius 3 is 0.744 bits per heavy atom. The van der Waals surface area contributed by atoms with E-state index in [9.17, 15) is 19.0 Å². The van der Waals surface area contributed by atoms with Gasteiger partial charge < -0.3 is 18.9 Å². The van der Waals surface area contributed by atoms with Crippen molar-refractivity contribution in [2.45, 2.75) is 431 Å². The third kappa shape index (κ3) is 72.1. The maximum Gasteiger partial charge on any atom is 0.472 e. The number of likely N-dealkylation sites (N-methyl/N-ethyl adjacent to an activating group) is 1. The van der Waals surface area contributed by atoms with Crippen molar-refractivity contribution >= 4 is 19.8 Å². The second-order valence-electron chi connectivity index (χ2n) is 28.1. The van der Waals surface area contributed by atoms with Crippen LogP contribution in [0.25, 0.3) is 0 Å². The van der Waals surface area contributed by atoms with Crippen molar-refractivity contribution < 1.29 is 42.1 Å². The molecule has 0 heterocycles. The number of phosphoric acid groups is 1. The lowest BCUT2D eigenvalue weighted by Gasteiger charge is -2.24. The molecular weight excluding hydrogens is 1090 g/mol. The molecule has 0 aliphatic heterocycles. The summed E-state index contributed by atoms with van der Waals surface area (Å²) in [5, 5.41) is 0. The zero-order valence-electron chi connectivity index (χ0n) is 58.9. The van der Waals surface area contributed by atoms with Crippen LogP contribution < -0.4 is 0 Å². The average Bonchev–Trinajstić information content (AvgIpc) is 3.67. The van der Waals surface area contributed by atoms with Gasteiger partial charge in [-0.1, -0.05) is 399 Å². The molecule has 0 aromatic carbocycles. The molecule has 0 bridgehead atoms. The summed E-state index contributed by atoms with van der Waals surface area (Å²) in [5.74, 6) is -0.765. The van der Waals surface area contributed by atoms with Gasteiger partial charge in [-0.15, -0.1) is 0 Å². The molecule has 0 aromatic heterocycles. The summed E-state index contributed by atoms with van der Waals surface area (Å²) in [4.78, 5) is 35.9. The van der Waals surface area contributed by atoms with E-state index in [1.54, 1.807) is 0 Å². The highest BCUT2D eigenvalue weighted by atomic mass is 31.2. The van der Waals surface area contributed by atoms with Gasteiger partial charge >= 0.3 is 19.8 Å². The Labute approximate surface area is 537 Å². The summed E-state index contributed by atoms with van der Waals surface area (Å²) in [6, 6.07) is 0. The average molecular weight is 1240 g/mol. The second-order valence-corrected chi connectivity index (χ2v) is 29.6. The molecule has 0 radical (unpaired) electrons. The van der Waals surface area contributed by atoms with E-state index in [1.807, 2.05) is 21.1 Å². The van der Waals surface area contributed by atoms with Crippen molar-refractivity contribution in [1.82, 2.24) is 0 Å². The lowest BCUT2D eigenvalue weighted by Crippen LogP contribution is -2.37. The number of unbranched alkanes of at least 4 members (excludes halogenated alkanes) is 60. The molecule has 0 aliphatic rings. The fourth-order valence-corrected chi connectivity index (χ4v) is 12.9. The van der Waals surface area contributed by atoms with Gasteiger partial charge in [-0.2, -0.15) is 0 Å². The highest BCUT2D eigenvalue weighted by Crippen LogP contribution is 2.43. The van der Waals surface area contributed by atoms with Gasteiger partial charge in [0.25, 0.3) is 0 Å². The van der Waals surface area contributed by atoms with Gasteiger partial charge in [0.05, 0.1) is 27.7 Å². The Kier molecular flexibility index (Phi) is 67.6. The summed E-state index contributed by atoms with van der Waals surface area (Å²) in [6.07, 6.45) is 84.0. The summed E-state index contributed by atoms with van der Waals surface area (Å²) >= 11 is 0. The fraction of sp³-hybridized carbons (Fsp3) is 0.974. The van der Waals surface area contributed by atoms with Crippen LogP contribution in [0.1, 0.15) is 425 Å². The zero-order valence-corrected chi connectivity index (χ0v) is 59.8. The predicted octanol–water partition coefficient (Wildman–Crippen LogP) is 25.3. The molecular formula is C76H153NO8P+. The van der Waals surface area contributed by atoms with Crippen molar-refractivity contribution in [3.8, 4) is 0 Å². The Morgan fingerprint density at radius 2 is 0.523 bits per heavy atom. The third-order valence-electron chi connectivity index (χ3n) is 18.1. The monoisotopic (exact) mass is 1240 g/mol. The van der Waals surface area contributed by atoms with E-state index in [0.29, 0.717) is 17.4 Å². The van der Waals surface area contributed by atoms with Crippen LogP contribution in [-0.2, 0) is 32.7 Å². The smallest absolute Gasteiger partial charge is 0.462 e. The Morgan fingerprint density at radius 1 is 0.314 bits per heavy atom. The molecule has 2 unspecified atom stereocenters. The van der Waals surface area contributed by atoms with Crippen LogP contribution in [0.15, 0.2) is 0 Å². The first kappa shape index (κ1) is 85.0. The Hall–Kier alpha value is -0.990. The van der Waals surface area contributed by atoms with E-state index >= 15 is 0 Å². The summed E-state index contributed by atoms with van der Waals surface area (Å²) < 4.78 is 34.8. The topological polar surface area (TPSA) is 108 Å². The van der Waals surface area contributed by atoms with Gasteiger partial charge in [-0.05, 0) is 12.8 Å². The number of ether oxygens (including phenoxy) is 2. The van der Waals surface area contributed by atoms with E-state index in [-0.39, 0.29) is 25.6 Å². The first-order valence-corrected chi connectivity index (χ1v) is 40.3. The standard InChI is InChI=1S/C76H152NO8P/c1-6-8-10-12-14-16-18-20-22-24-26-28-30-32-33-34-35-36-37-38-39-40-41-42-43-45-47-49-51-53-55-57-59-61-63-65-67-69-76(79)85-74(73-84-86(80,81)83-71-70-77(3,4)5)72-82-75(78)68-66-64-62-60-58-56-54-52-50-48-46-44-31-29-27-25-23-21-19-17-15-13-11-9-7-2/h74H,6-73H2,1-5H3/p+1. The van der Waals surface area contributed by atoms with Crippen LogP contribution in [0.2, 0.25) is 0 Å². The maximum atomic E-state index is 12.9. The highest BCUT2D eigenvalue weighted by Gasteiger charge is 2.27. The molecule has 0 spiro atoms. The number of carbonyl (C=O) groups is 2. The number of nitrogens with zero attached hydrogens (tertiary/aromatic N) is 1. The second kappa shape index (κ2) is 68.4. The molecule has 10 heteroatoms. The van der Waals surface area contributed by atoms with Crippen molar-refractivity contribution in [1.29, 1.82) is 0 Å². The molecule has 1 N–H and O–H groups in total. The van der Waals surface area contributed by atoms with Gasteiger partial charge in [-0.25, -0.2) is 4.57 Å². The molecule has 0 fully saturated rings.